The van der Waals surface area contributed by atoms with Gasteiger partial charge >= 0.3 is 0 Å². The molecule has 0 bridgehead atoms. The molecule has 0 aliphatic heterocycles. The molecule has 1 aromatic heterocycles. The van der Waals surface area contributed by atoms with Gasteiger partial charge in [-0.1, -0.05) is 30.3 Å². The van der Waals surface area contributed by atoms with Gasteiger partial charge in [-0.3, -0.25) is 9.59 Å². The van der Waals surface area contributed by atoms with E-state index in [1.807, 2.05) is 30.5 Å². The number of benzene rings is 2. The van der Waals surface area contributed by atoms with Crippen molar-refractivity contribution in [3.63, 3.8) is 0 Å². The Hall–Kier alpha value is -3.15. The minimum atomic E-state index is -0.330. The van der Waals surface area contributed by atoms with Gasteiger partial charge in [0.05, 0.1) is 6.54 Å². The van der Waals surface area contributed by atoms with Crippen molar-refractivity contribution in [2.45, 2.75) is 19.9 Å². The fourth-order valence-corrected chi connectivity index (χ4v) is 2.99. The van der Waals surface area contributed by atoms with E-state index < -0.39 is 0 Å². The SMILES string of the molecule is CC(=O)N(CC(=O)NCCc1c[nH]c2ccccc12)Cc1ccc(F)cc1. The summed E-state index contributed by atoms with van der Waals surface area (Å²) in [6, 6.07) is 13.9. The number of nitrogens with one attached hydrogen (secondary N) is 2. The molecule has 0 radical (unpaired) electrons. The first-order valence-electron chi connectivity index (χ1n) is 8.84. The largest absolute Gasteiger partial charge is 0.361 e. The molecule has 0 atom stereocenters. The third-order valence-electron chi connectivity index (χ3n) is 4.46. The second kappa shape index (κ2) is 8.49. The molecule has 2 N–H and O–H groups in total. The van der Waals surface area contributed by atoms with E-state index in [9.17, 15) is 14.0 Å². The average molecular weight is 367 g/mol. The summed E-state index contributed by atoms with van der Waals surface area (Å²) in [5.74, 6) is -0.749. The zero-order valence-corrected chi connectivity index (χ0v) is 15.2. The molecule has 0 unspecified atom stereocenters. The average Bonchev–Trinajstić information content (AvgIpc) is 3.06. The highest BCUT2D eigenvalue weighted by molar-refractivity contribution is 5.84. The van der Waals surface area contributed by atoms with Crippen LogP contribution >= 0.6 is 0 Å². The van der Waals surface area contributed by atoms with E-state index in [1.54, 1.807) is 12.1 Å². The second-order valence-corrected chi connectivity index (χ2v) is 6.46. The molecule has 27 heavy (non-hydrogen) atoms. The van der Waals surface area contributed by atoms with Gasteiger partial charge in [-0.15, -0.1) is 0 Å². The summed E-state index contributed by atoms with van der Waals surface area (Å²) in [5.41, 5.74) is 2.99. The monoisotopic (exact) mass is 367 g/mol. The quantitative estimate of drug-likeness (QED) is 0.674. The minimum Gasteiger partial charge on any atom is -0.361 e. The maximum Gasteiger partial charge on any atom is 0.239 e. The lowest BCUT2D eigenvalue weighted by molar-refractivity contribution is -0.134. The molecule has 6 heteroatoms. The fourth-order valence-electron chi connectivity index (χ4n) is 2.99. The van der Waals surface area contributed by atoms with Crippen LogP contribution in [-0.2, 0) is 22.6 Å². The van der Waals surface area contributed by atoms with Crippen molar-refractivity contribution in [3.05, 3.63) is 71.7 Å². The van der Waals surface area contributed by atoms with Crippen LogP contribution in [-0.4, -0.2) is 34.8 Å². The van der Waals surface area contributed by atoms with Crippen LogP contribution in [0.15, 0.2) is 54.7 Å². The standard InChI is InChI=1S/C21H22FN3O2/c1-15(26)25(13-16-6-8-18(22)9-7-16)14-21(27)23-11-10-17-12-24-20-5-3-2-4-19(17)20/h2-9,12,24H,10-11,13-14H2,1H3,(H,23,27). The van der Waals surface area contributed by atoms with Gasteiger partial charge in [-0.25, -0.2) is 4.39 Å². The summed E-state index contributed by atoms with van der Waals surface area (Å²) in [5, 5.41) is 4.01. The van der Waals surface area contributed by atoms with E-state index in [0.717, 1.165) is 22.0 Å². The predicted octanol–water partition coefficient (Wildman–Crippen LogP) is 3.01. The smallest absolute Gasteiger partial charge is 0.239 e. The third kappa shape index (κ3) is 4.94. The zero-order valence-electron chi connectivity index (χ0n) is 15.2. The van der Waals surface area contributed by atoms with Crippen molar-refractivity contribution in [2.24, 2.45) is 0 Å². The summed E-state index contributed by atoms with van der Waals surface area (Å²) >= 11 is 0. The highest BCUT2D eigenvalue weighted by Crippen LogP contribution is 2.17. The molecule has 0 aliphatic carbocycles. The lowest BCUT2D eigenvalue weighted by Crippen LogP contribution is -2.39. The molecule has 3 rings (SSSR count). The van der Waals surface area contributed by atoms with Crippen LogP contribution in [0, 0.1) is 5.82 Å². The number of carbonyl (C=O) groups excluding carboxylic acids is 2. The van der Waals surface area contributed by atoms with E-state index in [4.69, 9.17) is 0 Å². The van der Waals surface area contributed by atoms with E-state index in [-0.39, 0.29) is 30.7 Å². The number of nitrogens with zero attached hydrogens (tertiary/aromatic N) is 1. The van der Waals surface area contributed by atoms with E-state index >= 15 is 0 Å². The number of H-pyrrole nitrogens is 1. The molecule has 3 aromatic rings. The van der Waals surface area contributed by atoms with Gasteiger partial charge in [0, 0.05) is 37.1 Å². The number of hydrogen-bond donors (Lipinski definition) is 2. The van der Waals surface area contributed by atoms with E-state index in [1.165, 1.54) is 24.0 Å². The highest BCUT2D eigenvalue weighted by atomic mass is 19.1. The number of fused-ring (bicyclic) bond motifs is 1. The maximum absolute atomic E-state index is 13.0. The normalized spacial score (nSPS) is 10.7. The Morgan fingerprint density at radius 2 is 1.85 bits per heavy atom. The van der Waals surface area contributed by atoms with Crippen molar-refractivity contribution in [2.75, 3.05) is 13.1 Å². The summed E-state index contributed by atoms with van der Waals surface area (Å²) in [6.45, 7) is 2.15. The minimum absolute atomic E-state index is 0.0272. The van der Waals surface area contributed by atoms with Crippen LogP contribution in [0.5, 0.6) is 0 Å². The molecule has 2 amide bonds. The number of halogens is 1. The van der Waals surface area contributed by atoms with Gasteiger partial charge in [0.1, 0.15) is 5.82 Å². The molecule has 0 saturated heterocycles. The highest BCUT2D eigenvalue weighted by Gasteiger charge is 2.14. The van der Waals surface area contributed by atoms with Crippen LogP contribution in [0.3, 0.4) is 0 Å². The molecule has 0 spiro atoms. The number of amides is 2. The van der Waals surface area contributed by atoms with Crippen LogP contribution in [0.2, 0.25) is 0 Å². The summed E-state index contributed by atoms with van der Waals surface area (Å²) in [4.78, 5) is 28.7. The lowest BCUT2D eigenvalue weighted by atomic mass is 10.1. The van der Waals surface area contributed by atoms with Crippen LogP contribution in [0.1, 0.15) is 18.1 Å². The number of para-hydroxylation sites is 1. The van der Waals surface area contributed by atoms with Crippen LogP contribution < -0.4 is 5.32 Å². The topological polar surface area (TPSA) is 65.2 Å². The van der Waals surface area contributed by atoms with Gasteiger partial charge in [0.25, 0.3) is 0 Å². The Morgan fingerprint density at radius 1 is 1.11 bits per heavy atom. The number of aromatic nitrogens is 1. The summed E-state index contributed by atoms with van der Waals surface area (Å²) in [6.07, 6.45) is 2.65. The molecule has 5 nitrogen and oxygen atoms in total. The number of carbonyl (C=O) groups is 2. The number of rotatable bonds is 7. The van der Waals surface area contributed by atoms with Crippen molar-refractivity contribution < 1.29 is 14.0 Å². The Balaban J connectivity index is 1.52. The van der Waals surface area contributed by atoms with Crippen LogP contribution in [0.25, 0.3) is 10.9 Å². The Morgan fingerprint density at radius 3 is 2.59 bits per heavy atom. The van der Waals surface area contributed by atoms with Crippen molar-refractivity contribution in [3.8, 4) is 0 Å². The van der Waals surface area contributed by atoms with Gasteiger partial charge in [0.2, 0.25) is 11.8 Å². The molecular formula is C21H22FN3O2. The summed E-state index contributed by atoms with van der Waals surface area (Å²) in [7, 11) is 0. The Labute approximate surface area is 157 Å². The third-order valence-corrected chi connectivity index (χ3v) is 4.46. The molecule has 0 fully saturated rings. The van der Waals surface area contributed by atoms with E-state index in [2.05, 4.69) is 10.3 Å². The molecule has 2 aromatic carbocycles. The Bertz CT molecular complexity index is 934. The first-order chi connectivity index (χ1) is 13.0. The van der Waals surface area contributed by atoms with Crippen LogP contribution in [0.4, 0.5) is 4.39 Å². The first-order valence-corrected chi connectivity index (χ1v) is 8.84. The number of aromatic amines is 1. The number of hydrogen-bond acceptors (Lipinski definition) is 2. The van der Waals surface area contributed by atoms with Crippen molar-refractivity contribution >= 4 is 22.7 Å². The maximum atomic E-state index is 13.0. The molecule has 0 saturated carbocycles. The zero-order chi connectivity index (χ0) is 19.2. The van der Waals surface area contributed by atoms with Gasteiger partial charge in [-0.05, 0) is 35.7 Å². The molecule has 1 heterocycles. The first kappa shape index (κ1) is 18.6. The van der Waals surface area contributed by atoms with Crippen molar-refractivity contribution in [1.29, 1.82) is 0 Å². The summed E-state index contributed by atoms with van der Waals surface area (Å²) < 4.78 is 13.0. The predicted molar refractivity (Wildman–Crippen MR) is 103 cm³/mol. The van der Waals surface area contributed by atoms with Gasteiger partial charge in [0.15, 0.2) is 0 Å². The fraction of sp³-hybridized carbons (Fsp3) is 0.238. The molecular weight excluding hydrogens is 345 g/mol. The van der Waals surface area contributed by atoms with Gasteiger partial charge < -0.3 is 15.2 Å². The van der Waals surface area contributed by atoms with Gasteiger partial charge in [-0.2, -0.15) is 0 Å². The lowest BCUT2D eigenvalue weighted by Gasteiger charge is -2.20. The van der Waals surface area contributed by atoms with Crippen molar-refractivity contribution in [1.82, 2.24) is 15.2 Å². The van der Waals surface area contributed by atoms with E-state index in [0.29, 0.717) is 13.0 Å². The Kier molecular flexibility index (Phi) is 5.86. The molecule has 140 valence electrons. The molecule has 0 aliphatic rings. The second-order valence-electron chi connectivity index (χ2n) is 6.46.